The highest BCUT2D eigenvalue weighted by molar-refractivity contribution is 6.31. The van der Waals surface area contributed by atoms with Crippen molar-refractivity contribution in [1.82, 2.24) is 10.2 Å². The smallest absolute Gasteiger partial charge is 0.225 e. The monoisotopic (exact) mass is 387 g/mol. The summed E-state index contributed by atoms with van der Waals surface area (Å²) in [6, 6.07) is 15.8. The molecule has 5 nitrogen and oxygen atoms in total. The van der Waals surface area contributed by atoms with Crippen LogP contribution in [0.4, 0.5) is 5.69 Å². The van der Waals surface area contributed by atoms with E-state index >= 15 is 0 Å². The summed E-state index contributed by atoms with van der Waals surface area (Å²) in [5.41, 5.74) is 3.03. The largest absolute Gasteiger partial charge is 0.379 e. The fourth-order valence-electron chi connectivity index (χ4n) is 3.05. The first kappa shape index (κ1) is 19.8. The molecule has 2 aromatic rings. The van der Waals surface area contributed by atoms with Gasteiger partial charge in [-0.2, -0.15) is 0 Å². The van der Waals surface area contributed by atoms with Gasteiger partial charge in [0.1, 0.15) is 0 Å². The molecule has 3 rings (SSSR count). The Morgan fingerprint density at radius 3 is 2.70 bits per heavy atom. The van der Waals surface area contributed by atoms with Gasteiger partial charge in [0.15, 0.2) is 0 Å². The fourth-order valence-corrected chi connectivity index (χ4v) is 3.25. The number of rotatable bonds is 8. The minimum atomic E-state index is 0.0441. The van der Waals surface area contributed by atoms with Crippen molar-refractivity contribution in [2.45, 2.75) is 19.5 Å². The molecule has 2 N–H and O–H groups in total. The molecular weight excluding hydrogens is 362 g/mol. The average molecular weight is 388 g/mol. The summed E-state index contributed by atoms with van der Waals surface area (Å²) in [4.78, 5) is 14.5. The summed E-state index contributed by atoms with van der Waals surface area (Å²) in [6.07, 6.45) is 0.495. The first-order chi connectivity index (χ1) is 13.2. The maximum absolute atomic E-state index is 12.2. The maximum Gasteiger partial charge on any atom is 0.225 e. The van der Waals surface area contributed by atoms with Gasteiger partial charge >= 0.3 is 0 Å². The molecule has 0 radical (unpaired) electrons. The highest BCUT2D eigenvalue weighted by atomic mass is 35.5. The van der Waals surface area contributed by atoms with E-state index < -0.39 is 0 Å². The molecular formula is C21H26ClN3O2. The number of carbonyl (C=O) groups excluding carboxylic acids is 1. The first-order valence-corrected chi connectivity index (χ1v) is 9.71. The number of hydrogen-bond acceptors (Lipinski definition) is 4. The van der Waals surface area contributed by atoms with Crippen LogP contribution in [0, 0.1) is 0 Å². The van der Waals surface area contributed by atoms with Gasteiger partial charge in [0.25, 0.3) is 0 Å². The molecule has 0 spiro atoms. The molecule has 1 aliphatic heterocycles. The fraction of sp³-hybridized carbons (Fsp3) is 0.381. The zero-order valence-corrected chi connectivity index (χ0v) is 16.2. The Balaban J connectivity index is 1.43. The molecule has 1 saturated heterocycles. The van der Waals surface area contributed by atoms with E-state index in [4.69, 9.17) is 16.3 Å². The van der Waals surface area contributed by atoms with Crippen LogP contribution in [0.3, 0.4) is 0 Å². The van der Waals surface area contributed by atoms with Crippen LogP contribution in [-0.2, 0) is 22.6 Å². The standard InChI is InChI=1S/C21H26ClN3O2/c22-20-7-2-1-5-18(20)16-23-15-17-4-3-6-19(14-17)24-21(26)8-9-25-10-12-27-13-11-25/h1-7,14,23H,8-13,15-16H2,(H,24,26). The summed E-state index contributed by atoms with van der Waals surface area (Å²) >= 11 is 6.18. The third kappa shape index (κ3) is 6.63. The van der Waals surface area contributed by atoms with E-state index in [1.165, 1.54) is 0 Å². The molecule has 0 unspecified atom stereocenters. The van der Waals surface area contributed by atoms with Gasteiger partial charge in [-0.25, -0.2) is 0 Å². The Labute approximate surface area is 165 Å². The lowest BCUT2D eigenvalue weighted by atomic mass is 10.2. The predicted molar refractivity (Wildman–Crippen MR) is 109 cm³/mol. The second kappa shape index (κ2) is 10.4. The lowest BCUT2D eigenvalue weighted by Crippen LogP contribution is -2.38. The summed E-state index contributed by atoms with van der Waals surface area (Å²) in [7, 11) is 0. The summed E-state index contributed by atoms with van der Waals surface area (Å²) in [5, 5.41) is 7.15. The van der Waals surface area contributed by atoms with Crippen LogP contribution in [0.5, 0.6) is 0 Å². The van der Waals surface area contributed by atoms with Crippen LogP contribution < -0.4 is 10.6 Å². The Kier molecular flexibility index (Phi) is 7.66. The third-order valence-corrected chi connectivity index (χ3v) is 4.94. The van der Waals surface area contributed by atoms with Crippen molar-refractivity contribution in [2.75, 3.05) is 38.2 Å². The summed E-state index contributed by atoms with van der Waals surface area (Å²) in [6.45, 7) is 5.50. The molecule has 2 aromatic carbocycles. The zero-order chi connectivity index (χ0) is 18.9. The molecule has 1 aliphatic rings. The van der Waals surface area contributed by atoms with Crippen LogP contribution in [-0.4, -0.2) is 43.7 Å². The zero-order valence-electron chi connectivity index (χ0n) is 15.4. The molecule has 0 atom stereocenters. The van der Waals surface area contributed by atoms with Gasteiger partial charge in [-0.1, -0.05) is 41.9 Å². The Morgan fingerprint density at radius 1 is 1.07 bits per heavy atom. The minimum absolute atomic E-state index is 0.0441. The van der Waals surface area contributed by atoms with Crippen molar-refractivity contribution in [2.24, 2.45) is 0 Å². The second-order valence-electron chi connectivity index (χ2n) is 6.65. The van der Waals surface area contributed by atoms with Crippen LogP contribution in [0.1, 0.15) is 17.5 Å². The Hall–Kier alpha value is -1.92. The van der Waals surface area contributed by atoms with Gasteiger partial charge in [-0.05, 0) is 29.3 Å². The summed E-state index contributed by atoms with van der Waals surface area (Å²) in [5.74, 6) is 0.0441. The molecule has 144 valence electrons. The third-order valence-electron chi connectivity index (χ3n) is 4.57. The molecule has 1 fully saturated rings. The summed E-state index contributed by atoms with van der Waals surface area (Å²) < 4.78 is 5.33. The normalized spacial score (nSPS) is 14.9. The number of nitrogens with zero attached hydrogens (tertiary/aromatic N) is 1. The molecule has 1 amide bonds. The molecule has 0 saturated carbocycles. The van der Waals surface area contributed by atoms with E-state index in [0.717, 1.165) is 54.7 Å². The number of nitrogens with one attached hydrogen (secondary N) is 2. The maximum atomic E-state index is 12.2. The van der Waals surface area contributed by atoms with Crippen LogP contribution in [0.2, 0.25) is 5.02 Å². The molecule has 0 bridgehead atoms. The number of carbonyl (C=O) groups is 1. The van der Waals surface area contributed by atoms with Gasteiger partial charge in [0.2, 0.25) is 5.91 Å². The van der Waals surface area contributed by atoms with Crippen molar-refractivity contribution in [1.29, 1.82) is 0 Å². The lowest BCUT2D eigenvalue weighted by Gasteiger charge is -2.26. The van der Waals surface area contributed by atoms with Crippen molar-refractivity contribution < 1.29 is 9.53 Å². The quantitative estimate of drug-likeness (QED) is 0.729. The van der Waals surface area contributed by atoms with Crippen LogP contribution >= 0.6 is 11.6 Å². The van der Waals surface area contributed by atoms with Gasteiger partial charge < -0.3 is 15.4 Å². The van der Waals surface area contributed by atoms with E-state index in [9.17, 15) is 4.79 Å². The van der Waals surface area contributed by atoms with E-state index in [-0.39, 0.29) is 5.91 Å². The minimum Gasteiger partial charge on any atom is -0.379 e. The van der Waals surface area contributed by atoms with Crippen molar-refractivity contribution >= 4 is 23.2 Å². The predicted octanol–water partition coefficient (Wildman–Crippen LogP) is 3.29. The van der Waals surface area contributed by atoms with Gasteiger partial charge in [-0.3, -0.25) is 9.69 Å². The van der Waals surface area contributed by atoms with Crippen LogP contribution in [0.15, 0.2) is 48.5 Å². The van der Waals surface area contributed by atoms with Crippen molar-refractivity contribution in [3.05, 3.63) is 64.7 Å². The van der Waals surface area contributed by atoms with Gasteiger partial charge in [0.05, 0.1) is 13.2 Å². The Bertz CT molecular complexity index is 748. The highest BCUT2D eigenvalue weighted by Gasteiger charge is 2.12. The van der Waals surface area contributed by atoms with E-state index in [0.29, 0.717) is 19.5 Å². The number of ether oxygens (including phenoxy) is 1. The number of hydrogen-bond donors (Lipinski definition) is 2. The number of halogens is 1. The number of anilines is 1. The SMILES string of the molecule is O=C(CCN1CCOCC1)Nc1cccc(CNCc2ccccc2Cl)c1. The van der Waals surface area contributed by atoms with Crippen molar-refractivity contribution in [3.63, 3.8) is 0 Å². The number of amides is 1. The topological polar surface area (TPSA) is 53.6 Å². The van der Waals surface area contributed by atoms with E-state index in [1.807, 2.05) is 48.5 Å². The number of benzene rings is 2. The van der Waals surface area contributed by atoms with Crippen molar-refractivity contribution in [3.8, 4) is 0 Å². The molecule has 0 aromatic heterocycles. The lowest BCUT2D eigenvalue weighted by molar-refractivity contribution is -0.116. The number of morpholine rings is 1. The first-order valence-electron chi connectivity index (χ1n) is 9.34. The second-order valence-corrected chi connectivity index (χ2v) is 7.05. The van der Waals surface area contributed by atoms with E-state index in [2.05, 4.69) is 15.5 Å². The molecule has 1 heterocycles. The molecule has 6 heteroatoms. The Morgan fingerprint density at radius 2 is 1.89 bits per heavy atom. The van der Waals surface area contributed by atoms with Crippen LogP contribution in [0.25, 0.3) is 0 Å². The van der Waals surface area contributed by atoms with E-state index in [1.54, 1.807) is 0 Å². The molecule has 0 aliphatic carbocycles. The van der Waals surface area contributed by atoms with Gasteiger partial charge in [-0.15, -0.1) is 0 Å². The van der Waals surface area contributed by atoms with Gasteiger partial charge in [0, 0.05) is 49.9 Å². The highest BCUT2D eigenvalue weighted by Crippen LogP contribution is 2.15. The molecule has 27 heavy (non-hydrogen) atoms. The average Bonchev–Trinajstić information content (AvgIpc) is 2.69.